The van der Waals surface area contributed by atoms with E-state index in [2.05, 4.69) is 17.1 Å². The van der Waals surface area contributed by atoms with Crippen molar-refractivity contribution < 1.29 is 4.79 Å². The summed E-state index contributed by atoms with van der Waals surface area (Å²) >= 11 is 0. The van der Waals surface area contributed by atoms with Crippen molar-refractivity contribution in [1.82, 2.24) is 29.4 Å². The highest BCUT2D eigenvalue weighted by molar-refractivity contribution is 5.76. The van der Waals surface area contributed by atoms with Crippen molar-refractivity contribution in [1.29, 1.82) is 0 Å². The minimum Gasteiger partial charge on any atom is -0.331 e. The first-order chi connectivity index (χ1) is 11.2. The fourth-order valence-electron chi connectivity index (χ4n) is 3.21. The van der Waals surface area contributed by atoms with E-state index in [1.54, 1.807) is 6.20 Å². The number of hydrogen-bond acceptors (Lipinski definition) is 4. The molecule has 4 rings (SSSR count). The first kappa shape index (κ1) is 14.4. The van der Waals surface area contributed by atoms with Crippen LogP contribution in [0.1, 0.15) is 56.2 Å². The van der Waals surface area contributed by atoms with E-state index < -0.39 is 0 Å². The molecular formula is C16H22N6O. The molecule has 0 aromatic carbocycles. The molecular weight excluding hydrogens is 292 g/mol. The van der Waals surface area contributed by atoms with Crippen LogP contribution in [0.4, 0.5) is 0 Å². The third-order valence-corrected chi connectivity index (χ3v) is 4.71. The summed E-state index contributed by atoms with van der Waals surface area (Å²) in [5, 5.41) is 8.77. The van der Waals surface area contributed by atoms with Crippen LogP contribution in [0.5, 0.6) is 0 Å². The third-order valence-electron chi connectivity index (χ3n) is 4.71. The number of amides is 1. The molecule has 1 atom stereocenters. The Kier molecular flexibility index (Phi) is 3.63. The van der Waals surface area contributed by atoms with Gasteiger partial charge in [-0.1, -0.05) is 0 Å². The van der Waals surface area contributed by atoms with Crippen molar-refractivity contribution >= 4 is 5.91 Å². The summed E-state index contributed by atoms with van der Waals surface area (Å²) in [6.07, 6.45) is 7.45. The van der Waals surface area contributed by atoms with Gasteiger partial charge in [0.25, 0.3) is 0 Å². The average molecular weight is 314 g/mol. The minimum absolute atomic E-state index is 0.0148. The smallest absolute Gasteiger partial charge is 0.223 e. The molecule has 1 aliphatic carbocycles. The molecule has 0 unspecified atom stereocenters. The Hall–Kier alpha value is -2.18. The van der Waals surface area contributed by atoms with Gasteiger partial charge >= 0.3 is 0 Å². The normalized spacial score (nSPS) is 20.6. The van der Waals surface area contributed by atoms with E-state index in [-0.39, 0.29) is 11.9 Å². The van der Waals surface area contributed by atoms with Crippen LogP contribution in [0.2, 0.25) is 0 Å². The molecule has 1 saturated carbocycles. The van der Waals surface area contributed by atoms with Crippen LogP contribution in [0.3, 0.4) is 0 Å². The molecule has 7 heteroatoms. The van der Waals surface area contributed by atoms with Gasteiger partial charge in [-0.2, -0.15) is 10.2 Å². The molecule has 23 heavy (non-hydrogen) atoms. The van der Waals surface area contributed by atoms with E-state index in [0.717, 1.165) is 37.7 Å². The molecule has 0 bridgehead atoms. The monoisotopic (exact) mass is 314 g/mol. The van der Waals surface area contributed by atoms with Crippen LogP contribution < -0.4 is 0 Å². The van der Waals surface area contributed by atoms with Crippen molar-refractivity contribution in [3.63, 3.8) is 0 Å². The summed E-state index contributed by atoms with van der Waals surface area (Å²) in [6.45, 7) is 4.32. The average Bonchev–Trinajstić information content (AvgIpc) is 3.09. The number of nitrogens with zero attached hydrogens (tertiary/aromatic N) is 6. The fraction of sp³-hybridized carbons (Fsp3) is 0.625. The van der Waals surface area contributed by atoms with Crippen LogP contribution in [0, 0.1) is 0 Å². The highest BCUT2D eigenvalue weighted by Gasteiger charge is 2.34. The number of fused-ring (bicyclic) bond motifs is 1. The predicted octanol–water partition coefficient (Wildman–Crippen LogP) is 1.74. The molecule has 1 fully saturated rings. The third kappa shape index (κ3) is 2.87. The van der Waals surface area contributed by atoms with E-state index in [1.807, 2.05) is 26.5 Å². The summed E-state index contributed by atoms with van der Waals surface area (Å²) < 4.78 is 3.86. The molecule has 3 heterocycles. The predicted molar refractivity (Wildman–Crippen MR) is 83.6 cm³/mol. The Bertz CT molecular complexity index is 687. The van der Waals surface area contributed by atoms with Crippen molar-refractivity contribution in [2.24, 2.45) is 0 Å². The second-order valence-electron chi connectivity index (χ2n) is 6.46. The molecule has 1 amide bonds. The molecule has 1 aliphatic heterocycles. The Morgan fingerprint density at radius 3 is 2.96 bits per heavy atom. The van der Waals surface area contributed by atoms with Gasteiger partial charge in [0.05, 0.1) is 12.6 Å². The van der Waals surface area contributed by atoms with E-state index in [0.29, 0.717) is 12.3 Å². The van der Waals surface area contributed by atoms with Crippen molar-refractivity contribution in [3.05, 3.63) is 30.1 Å². The first-order valence-electron chi connectivity index (χ1n) is 8.44. The Morgan fingerprint density at radius 2 is 2.22 bits per heavy atom. The Balaban J connectivity index is 1.37. The zero-order chi connectivity index (χ0) is 15.8. The van der Waals surface area contributed by atoms with Gasteiger partial charge in [-0.15, -0.1) is 0 Å². The molecule has 0 spiro atoms. The van der Waals surface area contributed by atoms with Gasteiger partial charge in [0.15, 0.2) is 5.82 Å². The molecule has 0 saturated heterocycles. The van der Waals surface area contributed by atoms with E-state index in [1.165, 1.54) is 12.8 Å². The quantitative estimate of drug-likeness (QED) is 0.843. The molecule has 0 N–H and O–H groups in total. The fourth-order valence-corrected chi connectivity index (χ4v) is 3.21. The Labute approximate surface area is 135 Å². The lowest BCUT2D eigenvalue weighted by atomic mass is 10.1. The summed E-state index contributed by atoms with van der Waals surface area (Å²) in [7, 11) is 0. The molecule has 2 aromatic rings. The largest absolute Gasteiger partial charge is 0.331 e. The standard InChI is InChI=1S/C16H22N6O/c1-12-16-18-15(13-5-6-13)19-22(16)11-10-21(12)14(23)4-2-8-20-9-3-7-17-20/h3,7,9,12-13H,2,4-6,8,10-11H2,1H3/t12-/m1/s1. The van der Waals surface area contributed by atoms with E-state index in [4.69, 9.17) is 4.98 Å². The second-order valence-corrected chi connectivity index (χ2v) is 6.46. The summed E-state index contributed by atoms with van der Waals surface area (Å²) in [4.78, 5) is 19.2. The molecule has 7 nitrogen and oxygen atoms in total. The van der Waals surface area contributed by atoms with Gasteiger partial charge in [-0.3, -0.25) is 9.48 Å². The zero-order valence-corrected chi connectivity index (χ0v) is 13.4. The number of carbonyl (C=O) groups excluding carboxylic acids is 1. The minimum atomic E-state index is 0.0148. The van der Waals surface area contributed by atoms with Crippen LogP contribution in [-0.2, 0) is 17.9 Å². The van der Waals surface area contributed by atoms with Crippen LogP contribution >= 0.6 is 0 Å². The lowest BCUT2D eigenvalue weighted by Crippen LogP contribution is -2.41. The maximum absolute atomic E-state index is 12.5. The van der Waals surface area contributed by atoms with Crippen LogP contribution in [-0.4, -0.2) is 41.9 Å². The molecule has 2 aromatic heterocycles. The zero-order valence-electron chi connectivity index (χ0n) is 13.4. The first-order valence-corrected chi connectivity index (χ1v) is 8.44. The van der Waals surface area contributed by atoms with E-state index >= 15 is 0 Å². The number of hydrogen-bond donors (Lipinski definition) is 0. The van der Waals surface area contributed by atoms with Gasteiger partial charge in [0.1, 0.15) is 5.82 Å². The van der Waals surface area contributed by atoms with Crippen molar-refractivity contribution in [2.45, 2.75) is 57.7 Å². The van der Waals surface area contributed by atoms with Crippen LogP contribution in [0.25, 0.3) is 0 Å². The SMILES string of the molecule is C[C@@H]1c2nc(C3CC3)nn2CCN1C(=O)CCCn1cccn1. The van der Waals surface area contributed by atoms with Crippen molar-refractivity contribution in [3.8, 4) is 0 Å². The lowest BCUT2D eigenvalue weighted by molar-refractivity contribution is -0.134. The highest BCUT2D eigenvalue weighted by atomic mass is 16.2. The maximum Gasteiger partial charge on any atom is 0.223 e. The number of aryl methyl sites for hydroxylation is 1. The van der Waals surface area contributed by atoms with Gasteiger partial charge in [-0.25, -0.2) is 9.67 Å². The van der Waals surface area contributed by atoms with E-state index in [9.17, 15) is 4.79 Å². The van der Waals surface area contributed by atoms with Gasteiger partial charge in [0.2, 0.25) is 5.91 Å². The van der Waals surface area contributed by atoms with Gasteiger partial charge in [0, 0.05) is 37.8 Å². The number of rotatable bonds is 5. The molecule has 122 valence electrons. The second kappa shape index (κ2) is 5.79. The Morgan fingerprint density at radius 1 is 1.35 bits per heavy atom. The summed E-state index contributed by atoms with van der Waals surface area (Å²) in [6, 6.07) is 1.92. The van der Waals surface area contributed by atoms with Gasteiger partial charge < -0.3 is 4.90 Å². The lowest BCUT2D eigenvalue weighted by Gasteiger charge is -2.33. The highest BCUT2D eigenvalue weighted by Crippen LogP contribution is 2.39. The molecule has 2 aliphatic rings. The van der Waals surface area contributed by atoms with Crippen molar-refractivity contribution in [2.75, 3.05) is 6.54 Å². The maximum atomic E-state index is 12.5. The number of aromatic nitrogens is 5. The van der Waals surface area contributed by atoms with Gasteiger partial charge in [-0.05, 0) is 32.3 Å². The number of carbonyl (C=O) groups is 1. The summed E-state index contributed by atoms with van der Waals surface area (Å²) in [5.41, 5.74) is 0. The molecule has 0 radical (unpaired) electrons. The topological polar surface area (TPSA) is 68.8 Å². The summed E-state index contributed by atoms with van der Waals surface area (Å²) in [5.74, 6) is 2.67. The van der Waals surface area contributed by atoms with Crippen LogP contribution in [0.15, 0.2) is 18.5 Å².